The predicted molar refractivity (Wildman–Crippen MR) is 63.5 cm³/mol. The van der Waals surface area contributed by atoms with Gasteiger partial charge in [-0.3, -0.25) is 9.59 Å². The molecule has 0 aromatic rings. The molecule has 94 valence electrons. The molecular formula is C16H18O2. The second-order valence-corrected chi connectivity index (χ2v) is 7.82. The fourth-order valence-electron chi connectivity index (χ4n) is 8.95. The molecule has 0 N–H and O–H groups in total. The van der Waals surface area contributed by atoms with Crippen molar-refractivity contribution in [1.29, 1.82) is 0 Å². The zero-order valence-corrected chi connectivity index (χ0v) is 10.5. The Hall–Kier alpha value is -0.660. The fourth-order valence-corrected chi connectivity index (χ4v) is 8.95. The largest absolute Gasteiger partial charge is 0.299 e. The van der Waals surface area contributed by atoms with E-state index in [-0.39, 0.29) is 10.8 Å². The number of carbonyl (C=O) groups is 2. The first kappa shape index (κ1) is 9.28. The molecule has 2 spiro atoms. The van der Waals surface area contributed by atoms with E-state index >= 15 is 0 Å². The molecule has 0 aromatic carbocycles. The van der Waals surface area contributed by atoms with E-state index in [1.54, 1.807) is 0 Å². The van der Waals surface area contributed by atoms with Crippen molar-refractivity contribution >= 4 is 11.6 Å². The first-order chi connectivity index (χ1) is 8.75. The van der Waals surface area contributed by atoms with Gasteiger partial charge in [-0.1, -0.05) is 0 Å². The third kappa shape index (κ3) is 0.501. The van der Waals surface area contributed by atoms with Gasteiger partial charge in [0, 0.05) is 23.7 Å². The van der Waals surface area contributed by atoms with Crippen molar-refractivity contribution in [3.63, 3.8) is 0 Å². The average molecular weight is 242 g/mol. The Balaban J connectivity index is 1.77. The molecule has 7 saturated carbocycles. The molecule has 7 fully saturated rings. The Bertz CT molecular complexity index is 461. The lowest BCUT2D eigenvalue weighted by Crippen LogP contribution is -2.61. The zero-order chi connectivity index (χ0) is 11.9. The Labute approximate surface area is 107 Å². The molecule has 0 radical (unpaired) electrons. The summed E-state index contributed by atoms with van der Waals surface area (Å²) in [5.74, 6) is 5.14. The number of carbonyl (C=O) groups excluding carboxylic acids is 2. The lowest BCUT2D eigenvalue weighted by Gasteiger charge is -2.56. The van der Waals surface area contributed by atoms with Gasteiger partial charge in [0.05, 0.1) is 0 Å². The van der Waals surface area contributed by atoms with Gasteiger partial charge in [-0.05, 0) is 61.2 Å². The number of rotatable bonds is 0. The van der Waals surface area contributed by atoms with E-state index in [9.17, 15) is 9.59 Å². The summed E-state index contributed by atoms with van der Waals surface area (Å²) in [7, 11) is 0. The monoisotopic (exact) mass is 242 g/mol. The highest BCUT2D eigenvalue weighted by Gasteiger charge is 2.94. The third-order valence-corrected chi connectivity index (χ3v) is 8.41. The second kappa shape index (κ2) is 2.25. The highest BCUT2D eigenvalue weighted by atomic mass is 16.1. The van der Waals surface area contributed by atoms with E-state index in [2.05, 4.69) is 0 Å². The van der Waals surface area contributed by atoms with Crippen LogP contribution in [0.1, 0.15) is 38.5 Å². The van der Waals surface area contributed by atoms with Gasteiger partial charge in [0.2, 0.25) is 0 Å². The molecule has 6 atom stereocenters. The molecule has 8 bridgehead atoms. The molecule has 0 amide bonds. The number of hydrogen-bond donors (Lipinski definition) is 0. The van der Waals surface area contributed by atoms with Crippen LogP contribution in [0.25, 0.3) is 0 Å². The molecular weight excluding hydrogens is 224 g/mol. The minimum atomic E-state index is -0.108. The van der Waals surface area contributed by atoms with Gasteiger partial charge in [-0.15, -0.1) is 0 Å². The molecule has 2 nitrogen and oxygen atoms in total. The van der Waals surface area contributed by atoms with Crippen LogP contribution in [0.4, 0.5) is 0 Å². The minimum Gasteiger partial charge on any atom is -0.299 e. The van der Waals surface area contributed by atoms with E-state index < -0.39 is 0 Å². The van der Waals surface area contributed by atoms with Crippen molar-refractivity contribution < 1.29 is 9.59 Å². The summed E-state index contributed by atoms with van der Waals surface area (Å²) < 4.78 is 0. The molecule has 0 aliphatic heterocycles. The SMILES string of the molecule is O=C1CCC(=O)C23[C@@H]4CC[C@@H]5C4C4[C@H](CC[C@@H]42)C153. The topological polar surface area (TPSA) is 34.1 Å². The summed E-state index contributed by atoms with van der Waals surface area (Å²) in [5, 5.41) is 0. The third-order valence-electron chi connectivity index (χ3n) is 8.41. The quantitative estimate of drug-likeness (QED) is 0.652. The Morgan fingerprint density at radius 1 is 0.667 bits per heavy atom. The molecule has 18 heavy (non-hydrogen) atoms. The van der Waals surface area contributed by atoms with Crippen molar-refractivity contribution in [2.45, 2.75) is 38.5 Å². The van der Waals surface area contributed by atoms with Crippen molar-refractivity contribution in [3.8, 4) is 0 Å². The summed E-state index contributed by atoms with van der Waals surface area (Å²) in [6.07, 6.45) is 6.19. The maximum atomic E-state index is 12.9. The van der Waals surface area contributed by atoms with Crippen LogP contribution in [0.15, 0.2) is 0 Å². The van der Waals surface area contributed by atoms with Crippen LogP contribution in [0, 0.1) is 46.3 Å². The molecule has 0 aromatic heterocycles. The van der Waals surface area contributed by atoms with E-state index in [1.165, 1.54) is 25.7 Å². The van der Waals surface area contributed by atoms with Crippen LogP contribution in [0.2, 0.25) is 0 Å². The van der Waals surface area contributed by atoms with Crippen LogP contribution in [-0.2, 0) is 9.59 Å². The standard InChI is InChI=1S/C16H18O2/c17-11-5-6-12(18)16-8-2-1-7-13(8)14-9(15(7,11)16)3-4-10(14)16/h7-10,13-14H,1-6H2/t7-,8-,9+,10+,13?,14?,15?,16?. The average Bonchev–Trinajstić information content (AvgIpc) is 3.09. The van der Waals surface area contributed by atoms with Crippen LogP contribution >= 0.6 is 0 Å². The lowest BCUT2D eigenvalue weighted by molar-refractivity contribution is -0.171. The first-order valence-corrected chi connectivity index (χ1v) is 7.82. The predicted octanol–water partition coefficient (Wildman–Crippen LogP) is 2.22. The fraction of sp³-hybridized carbons (Fsp3) is 0.875. The van der Waals surface area contributed by atoms with Crippen molar-refractivity contribution in [3.05, 3.63) is 0 Å². The second-order valence-electron chi connectivity index (χ2n) is 7.82. The normalized spacial score (nSPS) is 69.6. The summed E-state index contributed by atoms with van der Waals surface area (Å²) in [4.78, 5) is 25.7. The molecule has 7 rings (SSSR count). The maximum absolute atomic E-state index is 12.9. The highest BCUT2D eigenvalue weighted by Crippen LogP contribution is 2.93. The van der Waals surface area contributed by atoms with Gasteiger partial charge in [0.1, 0.15) is 11.6 Å². The smallest absolute Gasteiger partial charge is 0.141 e. The number of ketones is 2. The van der Waals surface area contributed by atoms with Crippen molar-refractivity contribution in [1.82, 2.24) is 0 Å². The first-order valence-electron chi connectivity index (χ1n) is 7.82. The lowest BCUT2D eigenvalue weighted by atomic mass is 9.44. The van der Waals surface area contributed by atoms with Gasteiger partial charge >= 0.3 is 0 Å². The molecule has 0 heterocycles. The van der Waals surface area contributed by atoms with Gasteiger partial charge in [-0.25, -0.2) is 0 Å². The minimum absolute atomic E-state index is 0.108. The van der Waals surface area contributed by atoms with E-state index in [4.69, 9.17) is 0 Å². The van der Waals surface area contributed by atoms with Crippen LogP contribution in [0.3, 0.4) is 0 Å². The summed E-state index contributed by atoms with van der Waals surface area (Å²) in [6.45, 7) is 0. The van der Waals surface area contributed by atoms with Gasteiger partial charge in [0.15, 0.2) is 0 Å². The van der Waals surface area contributed by atoms with Crippen LogP contribution < -0.4 is 0 Å². The molecule has 0 saturated heterocycles. The number of hydrogen-bond acceptors (Lipinski definition) is 2. The maximum Gasteiger partial charge on any atom is 0.141 e. The van der Waals surface area contributed by atoms with Gasteiger partial charge in [0.25, 0.3) is 0 Å². The summed E-state index contributed by atoms with van der Waals surface area (Å²) >= 11 is 0. The molecule has 2 heteroatoms. The van der Waals surface area contributed by atoms with E-state index in [1.807, 2.05) is 0 Å². The van der Waals surface area contributed by atoms with Gasteiger partial charge < -0.3 is 0 Å². The zero-order valence-electron chi connectivity index (χ0n) is 10.5. The molecule has 2 unspecified atom stereocenters. The molecule has 7 aliphatic carbocycles. The van der Waals surface area contributed by atoms with Gasteiger partial charge in [-0.2, -0.15) is 0 Å². The Morgan fingerprint density at radius 2 is 1.00 bits per heavy atom. The van der Waals surface area contributed by atoms with E-state index in [0.29, 0.717) is 48.1 Å². The number of Topliss-reactive ketones (excluding diaryl/α,β-unsaturated/α-hetero) is 2. The summed E-state index contributed by atoms with van der Waals surface area (Å²) in [6, 6.07) is 0. The van der Waals surface area contributed by atoms with E-state index in [0.717, 1.165) is 11.8 Å². The highest BCUT2D eigenvalue weighted by molar-refractivity contribution is 6.05. The van der Waals surface area contributed by atoms with Crippen LogP contribution in [0.5, 0.6) is 0 Å². The van der Waals surface area contributed by atoms with Crippen LogP contribution in [-0.4, -0.2) is 11.6 Å². The Morgan fingerprint density at radius 3 is 1.33 bits per heavy atom. The van der Waals surface area contributed by atoms with Crippen molar-refractivity contribution in [2.24, 2.45) is 46.3 Å². The summed E-state index contributed by atoms with van der Waals surface area (Å²) in [5.41, 5.74) is -0.215. The Kier molecular flexibility index (Phi) is 1.16. The van der Waals surface area contributed by atoms with Crippen molar-refractivity contribution in [2.75, 3.05) is 0 Å². The molecule has 7 aliphatic rings.